The summed E-state index contributed by atoms with van der Waals surface area (Å²) in [6, 6.07) is 6.08. The highest BCUT2D eigenvalue weighted by Gasteiger charge is 2.12. The second kappa shape index (κ2) is 5.12. The van der Waals surface area contributed by atoms with E-state index in [0.717, 1.165) is 18.7 Å². The summed E-state index contributed by atoms with van der Waals surface area (Å²) in [4.78, 5) is 2.75. The number of nitrogens with two attached hydrogens (primary N) is 1. The second-order valence-electron chi connectivity index (χ2n) is 3.51. The third-order valence-corrected chi connectivity index (χ3v) is 2.80. The lowest BCUT2D eigenvalue weighted by Crippen LogP contribution is -2.26. The van der Waals surface area contributed by atoms with Crippen molar-refractivity contribution < 1.29 is 0 Å². The van der Waals surface area contributed by atoms with E-state index in [2.05, 4.69) is 31.7 Å². The molecule has 0 saturated heterocycles. The van der Waals surface area contributed by atoms with E-state index in [1.165, 1.54) is 11.3 Å². The number of anilines is 1. The van der Waals surface area contributed by atoms with Crippen molar-refractivity contribution >= 4 is 22.9 Å². The fraction of sp³-hybridized carbons (Fsp3) is 0.417. The lowest BCUT2D eigenvalue weighted by Gasteiger charge is -2.25. The van der Waals surface area contributed by atoms with E-state index in [4.69, 9.17) is 18.0 Å². The van der Waals surface area contributed by atoms with Crippen molar-refractivity contribution in [3.63, 3.8) is 0 Å². The summed E-state index contributed by atoms with van der Waals surface area (Å²) < 4.78 is 0. The van der Waals surface area contributed by atoms with Gasteiger partial charge in [0.1, 0.15) is 4.99 Å². The molecule has 0 spiro atoms. The Kier molecular flexibility index (Phi) is 4.09. The number of hydrogen-bond acceptors (Lipinski definition) is 2. The van der Waals surface area contributed by atoms with Gasteiger partial charge in [-0.25, -0.2) is 0 Å². The monoisotopic (exact) mass is 222 g/mol. The van der Waals surface area contributed by atoms with Gasteiger partial charge in [0.25, 0.3) is 0 Å². The summed E-state index contributed by atoms with van der Waals surface area (Å²) in [5, 5.41) is 0. The van der Waals surface area contributed by atoms with E-state index in [0.29, 0.717) is 4.99 Å². The Labute approximate surface area is 97.1 Å². The minimum absolute atomic E-state index is 0.473. The first-order valence-corrected chi connectivity index (χ1v) is 5.67. The number of aryl methyl sites for hydroxylation is 1. The molecule has 2 nitrogen and oxygen atoms in total. The predicted octanol–water partition coefficient (Wildman–Crippen LogP) is 2.48. The molecule has 0 fully saturated rings. The van der Waals surface area contributed by atoms with Crippen LogP contribution in [0.5, 0.6) is 0 Å². The quantitative estimate of drug-likeness (QED) is 0.794. The standard InChI is InChI=1S/C12H18N2S/c1-4-14(5-2)11-9(3)7-6-8-10(11)12(13)15/h6-8H,4-5H2,1-3H3,(H2,13,15). The zero-order valence-electron chi connectivity index (χ0n) is 9.58. The number of para-hydroxylation sites is 1. The second-order valence-corrected chi connectivity index (χ2v) is 3.95. The van der Waals surface area contributed by atoms with Crippen LogP contribution in [0.15, 0.2) is 18.2 Å². The molecule has 0 amide bonds. The first kappa shape index (κ1) is 12.0. The lowest BCUT2D eigenvalue weighted by molar-refractivity contribution is 0.860. The van der Waals surface area contributed by atoms with Crippen LogP contribution >= 0.6 is 12.2 Å². The van der Waals surface area contributed by atoms with Crippen LogP contribution in [0, 0.1) is 6.92 Å². The van der Waals surface area contributed by atoms with Crippen LogP contribution < -0.4 is 10.6 Å². The van der Waals surface area contributed by atoms with Crippen molar-refractivity contribution in [2.75, 3.05) is 18.0 Å². The molecule has 0 heterocycles. The molecule has 0 aromatic heterocycles. The van der Waals surface area contributed by atoms with Crippen molar-refractivity contribution in [3.05, 3.63) is 29.3 Å². The molecule has 0 aliphatic rings. The topological polar surface area (TPSA) is 29.3 Å². The number of benzene rings is 1. The first-order valence-electron chi connectivity index (χ1n) is 5.26. The molecule has 82 valence electrons. The van der Waals surface area contributed by atoms with Crippen molar-refractivity contribution in [1.82, 2.24) is 0 Å². The van der Waals surface area contributed by atoms with Gasteiger partial charge in [0.2, 0.25) is 0 Å². The van der Waals surface area contributed by atoms with E-state index >= 15 is 0 Å². The predicted molar refractivity (Wildman–Crippen MR) is 70.6 cm³/mol. The highest BCUT2D eigenvalue weighted by atomic mass is 32.1. The largest absolute Gasteiger partial charge is 0.389 e. The molecule has 1 aromatic carbocycles. The molecule has 0 aliphatic carbocycles. The molecule has 0 unspecified atom stereocenters. The average molecular weight is 222 g/mol. The minimum atomic E-state index is 0.473. The Morgan fingerprint density at radius 3 is 2.40 bits per heavy atom. The summed E-state index contributed by atoms with van der Waals surface area (Å²) in [6.07, 6.45) is 0. The maximum atomic E-state index is 5.74. The van der Waals surface area contributed by atoms with Gasteiger partial charge < -0.3 is 10.6 Å². The first-order chi connectivity index (χ1) is 7.11. The molecule has 0 radical (unpaired) electrons. The summed E-state index contributed by atoms with van der Waals surface area (Å²) in [7, 11) is 0. The molecule has 0 saturated carbocycles. The maximum absolute atomic E-state index is 5.74. The third-order valence-electron chi connectivity index (χ3n) is 2.58. The molecule has 0 bridgehead atoms. The minimum Gasteiger partial charge on any atom is -0.389 e. The Balaban J connectivity index is 3.29. The zero-order valence-corrected chi connectivity index (χ0v) is 10.4. The Morgan fingerprint density at radius 2 is 1.93 bits per heavy atom. The highest BCUT2D eigenvalue weighted by molar-refractivity contribution is 7.80. The zero-order chi connectivity index (χ0) is 11.4. The van der Waals surface area contributed by atoms with E-state index in [1.807, 2.05) is 12.1 Å². The van der Waals surface area contributed by atoms with Crippen molar-refractivity contribution in [2.45, 2.75) is 20.8 Å². The van der Waals surface area contributed by atoms with Gasteiger partial charge in [-0.3, -0.25) is 0 Å². The SMILES string of the molecule is CCN(CC)c1c(C)cccc1C(N)=S. The maximum Gasteiger partial charge on any atom is 0.106 e. The van der Waals surface area contributed by atoms with Gasteiger partial charge >= 0.3 is 0 Å². The van der Waals surface area contributed by atoms with E-state index in [-0.39, 0.29) is 0 Å². The van der Waals surface area contributed by atoms with Crippen LogP contribution in [-0.4, -0.2) is 18.1 Å². The van der Waals surface area contributed by atoms with Crippen molar-refractivity contribution in [2.24, 2.45) is 5.73 Å². The van der Waals surface area contributed by atoms with Gasteiger partial charge in [0, 0.05) is 24.3 Å². The fourth-order valence-electron chi connectivity index (χ4n) is 1.82. The lowest BCUT2D eigenvalue weighted by atomic mass is 10.1. The molecular weight excluding hydrogens is 204 g/mol. The molecule has 1 rings (SSSR count). The van der Waals surface area contributed by atoms with E-state index in [1.54, 1.807) is 0 Å². The van der Waals surface area contributed by atoms with Gasteiger partial charge in [-0.2, -0.15) is 0 Å². The van der Waals surface area contributed by atoms with E-state index < -0.39 is 0 Å². The summed E-state index contributed by atoms with van der Waals surface area (Å²) in [5.41, 5.74) is 9.12. The van der Waals surface area contributed by atoms with Crippen LogP contribution in [0.25, 0.3) is 0 Å². The summed E-state index contributed by atoms with van der Waals surface area (Å²) >= 11 is 5.08. The van der Waals surface area contributed by atoms with Crippen LogP contribution in [0.1, 0.15) is 25.0 Å². The molecule has 0 aliphatic heterocycles. The normalized spacial score (nSPS) is 10.1. The van der Waals surface area contributed by atoms with Gasteiger partial charge in [0.05, 0.1) is 0 Å². The van der Waals surface area contributed by atoms with Crippen molar-refractivity contribution in [1.29, 1.82) is 0 Å². The summed E-state index contributed by atoms with van der Waals surface area (Å²) in [6.45, 7) is 8.31. The highest BCUT2D eigenvalue weighted by Crippen LogP contribution is 2.24. The van der Waals surface area contributed by atoms with Gasteiger partial charge in [-0.1, -0.05) is 24.4 Å². The van der Waals surface area contributed by atoms with Gasteiger partial charge in [-0.15, -0.1) is 0 Å². The molecule has 15 heavy (non-hydrogen) atoms. The Hall–Kier alpha value is -1.09. The molecular formula is C12H18N2S. The molecule has 3 heteroatoms. The van der Waals surface area contributed by atoms with Crippen molar-refractivity contribution in [3.8, 4) is 0 Å². The smallest absolute Gasteiger partial charge is 0.106 e. The molecule has 2 N–H and O–H groups in total. The molecule has 1 aromatic rings. The Morgan fingerprint density at radius 1 is 1.33 bits per heavy atom. The van der Waals surface area contributed by atoms with Gasteiger partial charge in [0.15, 0.2) is 0 Å². The Bertz CT molecular complexity index is 357. The van der Waals surface area contributed by atoms with E-state index in [9.17, 15) is 0 Å². The number of thiocarbonyl (C=S) groups is 1. The van der Waals surface area contributed by atoms with Crippen LogP contribution in [0.3, 0.4) is 0 Å². The fourth-order valence-corrected chi connectivity index (χ4v) is 1.98. The van der Waals surface area contributed by atoms with Crippen LogP contribution in [0.4, 0.5) is 5.69 Å². The van der Waals surface area contributed by atoms with Crippen LogP contribution in [-0.2, 0) is 0 Å². The molecule has 0 atom stereocenters. The third kappa shape index (κ3) is 2.48. The van der Waals surface area contributed by atoms with Crippen LogP contribution in [0.2, 0.25) is 0 Å². The summed E-state index contributed by atoms with van der Waals surface area (Å²) in [5.74, 6) is 0. The number of rotatable bonds is 4. The van der Waals surface area contributed by atoms with Gasteiger partial charge in [-0.05, 0) is 32.4 Å². The average Bonchev–Trinajstić information content (AvgIpc) is 2.21. The number of nitrogens with zero attached hydrogens (tertiary/aromatic N) is 1. The number of hydrogen-bond donors (Lipinski definition) is 1.